The predicted octanol–water partition coefficient (Wildman–Crippen LogP) is 2.96. The number of hydrogen-bond donors (Lipinski definition) is 2. The van der Waals surface area contributed by atoms with E-state index >= 15 is 0 Å². The number of fused-ring (bicyclic) bond motifs is 2. The average Bonchev–Trinajstić information content (AvgIpc) is 2.69. The summed E-state index contributed by atoms with van der Waals surface area (Å²) in [6.07, 6.45) is 0.707. The maximum atomic E-state index is 13.1. The molecular weight excluding hydrogens is 369 g/mol. The number of benzene rings is 2. The van der Waals surface area contributed by atoms with Crippen LogP contribution >= 0.6 is 0 Å². The molecule has 2 N–H and O–H groups in total. The van der Waals surface area contributed by atoms with Gasteiger partial charge in [-0.2, -0.15) is 0 Å². The molecule has 1 aliphatic heterocycles. The molecule has 2 heterocycles. The first-order valence-corrected chi connectivity index (χ1v) is 9.79. The molecule has 0 spiro atoms. The summed E-state index contributed by atoms with van der Waals surface area (Å²) in [5.74, 6) is -0.406. The molecule has 29 heavy (non-hydrogen) atoms. The standard InChI is InChI=1S/C23H24FN3O2/c1-14-9-15(2)22-18(10-14)23(29)19-12-27(8-7-20(19)26-22)13-21(28)25-11-16-3-5-17(24)6-4-16/h3-6,9-10H,7-8,11-13H2,1-2H3,(H,25,28)(H,26,29). The van der Waals surface area contributed by atoms with E-state index in [2.05, 4.69) is 16.4 Å². The lowest BCUT2D eigenvalue weighted by atomic mass is 9.99. The molecule has 0 aliphatic carbocycles. The number of aromatic nitrogens is 1. The van der Waals surface area contributed by atoms with Gasteiger partial charge in [-0.05, 0) is 48.7 Å². The van der Waals surface area contributed by atoms with Crippen molar-refractivity contribution in [2.75, 3.05) is 13.1 Å². The summed E-state index contributed by atoms with van der Waals surface area (Å²) in [6.45, 7) is 5.75. The third-order valence-electron chi connectivity index (χ3n) is 5.47. The fraction of sp³-hybridized carbons (Fsp3) is 0.304. The van der Waals surface area contributed by atoms with Crippen LogP contribution in [0.2, 0.25) is 0 Å². The third-order valence-corrected chi connectivity index (χ3v) is 5.47. The van der Waals surface area contributed by atoms with E-state index in [0.717, 1.165) is 33.5 Å². The molecule has 6 heteroatoms. The van der Waals surface area contributed by atoms with Crippen LogP contribution in [0.25, 0.3) is 10.9 Å². The number of carbonyl (C=O) groups is 1. The zero-order valence-electron chi connectivity index (χ0n) is 16.6. The number of aryl methyl sites for hydroxylation is 2. The Hall–Kier alpha value is -2.99. The van der Waals surface area contributed by atoms with Crippen molar-refractivity contribution in [2.45, 2.75) is 33.4 Å². The number of nitrogens with zero attached hydrogens (tertiary/aromatic N) is 1. The molecule has 2 aromatic carbocycles. The first kappa shape index (κ1) is 19.3. The highest BCUT2D eigenvalue weighted by atomic mass is 19.1. The van der Waals surface area contributed by atoms with Gasteiger partial charge in [0, 0.05) is 42.7 Å². The summed E-state index contributed by atoms with van der Waals surface area (Å²) < 4.78 is 13.0. The van der Waals surface area contributed by atoms with E-state index in [0.29, 0.717) is 31.4 Å². The molecule has 1 aliphatic rings. The van der Waals surface area contributed by atoms with Crippen molar-refractivity contribution < 1.29 is 9.18 Å². The first-order valence-electron chi connectivity index (χ1n) is 9.79. The first-order chi connectivity index (χ1) is 13.9. The summed E-state index contributed by atoms with van der Waals surface area (Å²) >= 11 is 0. The molecule has 150 valence electrons. The van der Waals surface area contributed by atoms with Gasteiger partial charge in [-0.25, -0.2) is 4.39 Å². The van der Waals surface area contributed by atoms with Crippen LogP contribution < -0.4 is 10.7 Å². The zero-order valence-corrected chi connectivity index (χ0v) is 16.6. The van der Waals surface area contributed by atoms with Gasteiger partial charge in [-0.1, -0.05) is 18.2 Å². The highest BCUT2D eigenvalue weighted by molar-refractivity contribution is 5.83. The molecule has 3 aromatic rings. The van der Waals surface area contributed by atoms with Crippen molar-refractivity contribution in [1.82, 2.24) is 15.2 Å². The van der Waals surface area contributed by atoms with Gasteiger partial charge < -0.3 is 10.3 Å². The van der Waals surface area contributed by atoms with Crippen molar-refractivity contribution >= 4 is 16.8 Å². The van der Waals surface area contributed by atoms with Gasteiger partial charge in [0.15, 0.2) is 5.43 Å². The lowest BCUT2D eigenvalue weighted by Crippen LogP contribution is -2.41. The Labute approximate surface area is 168 Å². The van der Waals surface area contributed by atoms with Crippen LogP contribution in [0, 0.1) is 19.7 Å². The Bertz CT molecular complexity index is 1140. The van der Waals surface area contributed by atoms with Gasteiger partial charge in [0.05, 0.1) is 12.1 Å². The maximum absolute atomic E-state index is 13.1. The Balaban J connectivity index is 1.46. The Morgan fingerprint density at radius 1 is 1.21 bits per heavy atom. The zero-order chi connectivity index (χ0) is 20.5. The van der Waals surface area contributed by atoms with Crippen LogP contribution in [-0.2, 0) is 24.3 Å². The number of H-pyrrole nitrogens is 1. The van der Waals surface area contributed by atoms with Gasteiger partial charge in [0.25, 0.3) is 0 Å². The Kier molecular flexibility index (Phi) is 5.20. The van der Waals surface area contributed by atoms with E-state index < -0.39 is 0 Å². The monoisotopic (exact) mass is 393 g/mol. The van der Waals surface area contributed by atoms with Crippen LogP contribution in [0.1, 0.15) is 27.9 Å². The lowest BCUT2D eigenvalue weighted by Gasteiger charge is -2.28. The molecule has 0 saturated carbocycles. The minimum Gasteiger partial charge on any atom is -0.358 e. The number of pyridine rings is 1. The molecule has 0 atom stereocenters. The third kappa shape index (κ3) is 4.07. The van der Waals surface area contributed by atoms with Crippen LogP contribution in [0.4, 0.5) is 4.39 Å². The second kappa shape index (κ2) is 7.79. The van der Waals surface area contributed by atoms with E-state index in [1.54, 1.807) is 12.1 Å². The molecule has 0 radical (unpaired) electrons. The quantitative estimate of drug-likeness (QED) is 0.716. The van der Waals surface area contributed by atoms with Crippen LogP contribution in [0.5, 0.6) is 0 Å². The van der Waals surface area contributed by atoms with Crippen molar-refractivity contribution in [3.05, 3.63) is 80.4 Å². The summed E-state index contributed by atoms with van der Waals surface area (Å²) in [4.78, 5) is 30.8. The minimum atomic E-state index is -0.296. The number of hydrogen-bond acceptors (Lipinski definition) is 3. The second-order valence-electron chi connectivity index (χ2n) is 7.78. The summed E-state index contributed by atoms with van der Waals surface area (Å²) in [5.41, 5.74) is 5.66. The molecular formula is C23H24FN3O2. The van der Waals surface area contributed by atoms with E-state index in [1.807, 2.05) is 24.8 Å². The van der Waals surface area contributed by atoms with Gasteiger partial charge >= 0.3 is 0 Å². The van der Waals surface area contributed by atoms with E-state index in [4.69, 9.17) is 0 Å². The van der Waals surface area contributed by atoms with E-state index in [1.165, 1.54) is 12.1 Å². The van der Waals surface area contributed by atoms with Gasteiger partial charge in [0.1, 0.15) is 5.82 Å². The van der Waals surface area contributed by atoms with Gasteiger partial charge in [-0.3, -0.25) is 14.5 Å². The maximum Gasteiger partial charge on any atom is 0.234 e. The minimum absolute atomic E-state index is 0.0528. The topological polar surface area (TPSA) is 65.2 Å². The van der Waals surface area contributed by atoms with Crippen LogP contribution in [0.3, 0.4) is 0 Å². The van der Waals surface area contributed by atoms with Crippen molar-refractivity contribution in [1.29, 1.82) is 0 Å². The molecule has 5 nitrogen and oxygen atoms in total. The van der Waals surface area contributed by atoms with Crippen LogP contribution in [-0.4, -0.2) is 28.9 Å². The molecule has 0 unspecified atom stereocenters. The summed E-state index contributed by atoms with van der Waals surface area (Å²) in [6, 6.07) is 10.1. The number of nitrogens with one attached hydrogen (secondary N) is 2. The van der Waals surface area contributed by atoms with E-state index in [-0.39, 0.29) is 23.7 Å². The molecule has 1 amide bonds. The van der Waals surface area contributed by atoms with Crippen molar-refractivity contribution in [3.63, 3.8) is 0 Å². The molecule has 4 rings (SSSR count). The smallest absolute Gasteiger partial charge is 0.234 e. The van der Waals surface area contributed by atoms with Crippen molar-refractivity contribution in [2.24, 2.45) is 0 Å². The average molecular weight is 393 g/mol. The normalized spacial score (nSPS) is 14.0. The highest BCUT2D eigenvalue weighted by Gasteiger charge is 2.23. The summed E-state index contributed by atoms with van der Waals surface area (Å²) in [7, 11) is 0. The van der Waals surface area contributed by atoms with Crippen LogP contribution in [0.15, 0.2) is 41.2 Å². The number of rotatable bonds is 4. The molecule has 0 saturated heterocycles. The fourth-order valence-electron chi connectivity index (χ4n) is 3.99. The molecule has 0 bridgehead atoms. The van der Waals surface area contributed by atoms with Gasteiger partial charge in [0.2, 0.25) is 5.91 Å². The number of halogens is 1. The Morgan fingerprint density at radius 2 is 1.97 bits per heavy atom. The van der Waals surface area contributed by atoms with E-state index in [9.17, 15) is 14.0 Å². The Morgan fingerprint density at radius 3 is 2.72 bits per heavy atom. The fourth-order valence-corrected chi connectivity index (χ4v) is 3.99. The number of aromatic amines is 1. The second-order valence-corrected chi connectivity index (χ2v) is 7.78. The summed E-state index contributed by atoms with van der Waals surface area (Å²) in [5, 5.41) is 3.57. The SMILES string of the molecule is Cc1cc(C)c2[nH]c3c(c(=O)c2c1)CN(CC(=O)NCc1ccc(F)cc1)CC3. The lowest BCUT2D eigenvalue weighted by molar-refractivity contribution is -0.122. The van der Waals surface area contributed by atoms with Crippen molar-refractivity contribution in [3.8, 4) is 0 Å². The number of carbonyl (C=O) groups excluding carboxylic acids is 1. The molecule has 0 fully saturated rings. The molecule has 1 aromatic heterocycles. The number of amides is 1. The predicted molar refractivity (Wildman–Crippen MR) is 111 cm³/mol. The highest BCUT2D eigenvalue weighted by Crippen LogP contribution is 2.21. The largest absolute Gasteiger partial charge is 0.358 e. The van der Waals surface area contributed by atoms with Gasteiger partial charge in [-0.15, -0.1) is 0 Å².